The second kappa shape index (κ2) is 6.84. The first-order valence-corrected chi connectivity index (χ1v) is 7.12. The normalized spacial score (nSPS) is 10.0. The summed E-state index contributed by atoms with van der Waals surface area (Å²) in [5.41, 5.74) is -0.495. The quantitative estimate of drug-likeness (QED) is 0.672. The van der Waals surface area contributed by atoms with Crippen molar-refractivity contribution in [1.29, 1.82) is 5.26 Å². The fraction of sp³-hybridized carbons (Fsp3) is 0.167. The third-order valence-corrected chi connectivity index (χ3v) is 3.67. The number of nitrogens with zero attached hydrogens (tertiary/aromatic N) is 2. The molecule has 2 rings (SSSR count). The molecule has 0 aliphatic carbocycles. The number of aromatic hydroxyl groups is 1. The Morgan fingerprint density at radius 3 is 2.79 bits per heavy atom. The lowest BCUT2D eigenvalue weighted by Crippen LogP contribution is -2.26. The molecular formula is C18H16N2O4. The van der Waals surface area contributed by atoms with Crippen LogP contribution in [0, 0.1) is 18.3 Å². The zero-order valence-electron chi connectivity index (χ0n) is 13.4. The maximum atomic E-state index is 12.8. The molecular weight excluding hydrogens is 308 g/mol. The van der Waals surface area contributed by atoms with Crippen LogP contribution in [0.15, 0.2) is 41.7 Å². The van der Waals surface area contributed by atoms with Crippen molar-refractivity contribution >= 4 is 5.78 Å². The standard InChI is InChI=1S/C18H16N2O4/c1-4-8-20-17(22)14(10-19)11(2)15(18(20)23)16(21)12-6-5-7-13(9-12)24-3/h4-7,9,23H,1,8H2,2-3H3. The second-order valence-corrected chi connectivity index (χ2v) is 5.08. The largest absolute Gasteiger partial charge is 0.497 e. The molecule has 122 valence electrons. The minimum absolute atomic E-state index is 0.0159. The van der Waals surface area contributed by atoms with Gasteiger partial charge in [-0.1, -0.05) is 18.2 Å². The summed E-state index contributed by atoms with van der Waals surface area (Å²) in [6.07, 6.45) is 1.40. The van der Waals surface area contributed by atoms with Gasteiger partial charge in [0.25, 0.3) is 5.56 Å². The van der Waals surface area contributed by atoms with E-state index < -0.39 is 17.2 Å². The molecule has 0 atom stereocenters. The van der Waals surface area contributed by atoms with Crippen LogP contribution in [0.3, 0.4) is 0 Å². The molecule has 0 bridgehead atoms. The molecule has 0 radical (unpaired) electrons. The Morgan fingerprint density at radius 2 is 2.21 bits per heavy atom. The number of hydrogen-bond donors (Lipinski definition) is 1. The first kappa shape index (κ1) is 17.0. The van der Waals surface area contributed by atoms with Crippen LogP contribution in [0.4, 0.5) is 0 Å². The molecule has 0 amide bonds. The van der Waals surface area contributed by atoms with Crippen LogP contribution >= 0.6 is 0 Å². The summed E-state index contributed by atoms with van der Waals surface area (Å²) in [4.78, 5) is 25.1. The highest BCUT2D eigenvalue weighted by atomic mass is 16.5. The number of hydrogen-bond acceptors (Lipinski definition) is 5. The first-order valence-electron chi connectivity index (χ1n) is 7.12. The van der Waals surface area contributed by atoms with Crippen molar-refractivity contribution in [2.45, 2.75) is 13.5 Å². The third-order valence-electron chi connectivity index (χ3n) is 3.67. The first-order chi connectivity index (χ1) is 11.5. The number of carbonyl (C=O) groups is 1. The molecule has 0 aliphatic rings. The Balaban J connectivity index is 2.75. The topological polar surface area (TPSA) is 92.3 Å². The molecule has 0 saturated carbocycles. The smallest absolute Gasteiger partial charge is 0.271 e. The molecule has 6 nitrogen and oxygen atoms in total. The van der Waals surface area contributed by atoms with Gasteiger partial charge in [0.1, 0.15) is 17.4 Å². The monoisotopic (exact) mass is 324 g/mol. The highest BCUT2D eigenvalue weighted by Crippen LogP contribution is 2.26. The van der Waals surface area contributed by atoms with E-state index in [9.17, 15) is 20.0 Å². The van der Waals surface area contributed by atoms with Gasteiger partial charge >= 0.3 is 0 Å². The van der Waals surface area contributed by atoms with Crippen molar-refractivity contribution in [2.75, 3.05) is 7.11 Å². The number of ketones is 1. The lowest BCUT2D eigenvalue weighted by atomic mass is 9.97. The predicted octanol–water partition coefficient (Wildman–Crippen LogP) is 2.16. The number of allylic oxidation sites excluding steroid dienone is 1. The molecule has 0 saturated heterocycles. The summed E-state index contributed by atoms with van der Waals surface area (Å²) in [6, 6.07) is 8.22. The number of pyridine rings is 1. The Hall–Kier alpha value is -3.33. The average molecular weight is 324 g/mol. The number of benzene rings is 1. The van der Waals surface area contributed by atoms with E-state index in [-0.39, 0.29) is 28.8 Å². The van der Waals surface area contributed by atoms with Crippen molar-refractivity contribution in [3.63, 3.8) is 0 Å². The molecule has 1 aromatic heterocycles. The fourth-order valence-electron chi connectivity index (χ4n) is 2.43. The van der Waals surface area contributed by atoms with E-state index in [4.69, 9.17) is 4.74 Å². The number of nitriles is 1. The molecule has 0 spiro atoms. The van der Waals surface area contributed by atoms with Crippen LogP contribution in [0.5, 0.6) is 11.6 Å². The maximum Gasteiger partial charge on any atom is 0.271 e. The third kappa shape index (κ3) is 2.79. The summed E-state index contributed by atoms with van der Waals surface area (Å²) in [6.45, 7) is 4.96. The summed E-state index contributed by atoms with van der Waals surface area (Å²) in [5.74, 6) is -0.500. The van der Waals surface area contributed by atoms with Crippen LogP contribution < -0.4 is 10.3 Å². The van der Waals surface area contributed by atoms with Gasteiger partial charge in [0.15, 0.2) is 5.78 Å². The molecule has 0 aliphatic heterocycles. The molecule has 1 aromatic carbocycles. The average Bonchev–Trinajstić information content (AvgIpc) is 2.59. The lowest BCUT2D eigenvalue weighted by Gasteiger charge is -2.14. The number of rotatable bonds is 5. The Bertz CT molecular complexity index is 920. The van der Waals surface area contributed by atoms with Gasteiger partial charge in [0.2, 0.25) is 5.88 Å². The Kier molecular flexibility index (Phi) is 4.85. The summed E-state index contributed by atoms with van der Waals surface area (Å²) in [7, 11) is 1.48. The van der Waals surface area contributed by atoms with Gasteiger partial charge < -0.3 is 9.84 Å². The van der Waals surface area contributed by atoms with E-state index >= 15 is 0 Å². The van der Waals surface area contributed by atoms with Gasteiger partial charge in [0, 0.05) is 12.1 Å². The van der Waals surface area contributed by atoms with Gasteiger partial charge in [0.05, 0.1) is 12.7 Å². The molecule has 0 unspecified atom stereocenters. The van der Waals surface area contributed by atoms with Crippen molar-refractivity contribution in [3.8, 4) is 17.7 Å². The van der Waals surface area contributed by atoms with Gasteiger partial charge in [-0.05, 0) is 24.6 Å². The number of aromatic nitrogens is 1. The minimum atomic E-state index is -0.658. The van der Waals surface area contributed by atoms with Gasteiger partial charge in [-0.15, -0.1) is 6.58 Å². The van der Waals surface area contributed by atoms with Crippen LogP contribution in [-0.4, -0.2) is 22.6 Å². The molecule has 6 heteroatoms. The van der Waals surface area contributed by atoms with Crippen molar-refractivity contribution in [2.24, 2.45) is 0 Å². The molecule has 24 heavy (non-hydrogen) atoms. The van der Waals surface area contributed by atoms with E-state index in [1.165, 1.54) is 26.2 Å². The predicted molar refractivity (Wildman–Crippen MR) is 88.4 cm³/mol. The molecule has 2 aromatic rings. The van der Waals surface area contributed by atoms with Crippen LogP contribution in [-0.2, 0) is 6.54 Å². The van der Waals surface area contributed by atoms with E-state index in [0.717, 1.165) is 4.57 Å². The van der Waals surface area contributed by atoms with Crippen molar-refractivity contribution < 1.29 is 14.6 Å². The Labute approximate surface area is 138 Å². The van der Waals surface area contributed by atoms with E-state index in [1.54, 1.807) is 24.3 Å². The van der Waals surface area contributed by atoms with Crippen molar-refractivity contribution in [1.82, 2.24) is 4.57 Å². The highest BCUT2D eigenvalue weighted by molar-refractivity contribution is 6.11. The zero-order chi connectivity index (χ0) is 17.9. The van der Waals surface area contributed by atoms with Crippen LogP contribution in [0.1, 0.15) is 27.0 Å². The number of carbonyl (C=O) groups excluding carboxylic acids is 1. The van der Waals surface area contributed by atoms with Crippen LogP contribution in [0.25, 0.3) is 0 Å². The highest BCUT2D eigenvalue weighted by Gasteiger charge is 2.24. The number of methoxy groups -OCH3 is 1. The van der Waals surface area contributed by atoms with Crippen LogP contribution in [0.2, 0.25) is 0 Å². The molecule has 1 heterocycles. The van der Waals surface area contributed by atoms with Gasteiger partial charge in [-0.2, -0.15) is 5.26 Å². The lowest BCUT2D eigenvalue weighted by molar-refractivity contribution is 0.103. The number of ether oxygens (including phenoxy) is 1. The fourth-order valence-corrected chi connectivity index (χ4v) is 2.43. The van der Waals surface area contributed by atoms with E-state index in [0.29, 0.717) is 5.75 Å². The molecule has 1 N–H and O–H groups in total. The van der Waals surface area contributed by atoms with E-state index in [2.05, 4.69) is 6.58 Å². The summed E-state index contributed by atoms with van der Waals surface area (Å²) >= 11 is 0. The SMILES string of the molecule is C=CCn1c(O)c(C(=O)c2cccc(OC)c2)c(C)c(C#N)c1=O. The molecule has 0 fully saturated rings. The summed E-state index contributed by atoms with van der Waals surface area (Å²) < 4.78 is 6.04. The van der Waals surface area contributed by atoms with E-state index in [1.807, 2.05) is 0 Å². The Morgan fingerprint density at radius 1 is 1.50 bits per heavy atom. The van der Waals surface area contributed by atoms with Gasteiger partial charge in [-0.25, -0.2) is 0 Å². The maximum absolute atomic E-state index is 12.8. The van der Waals surface area contributed by atoms with Gasteiger partial charge in [-0.3, -0.25) is 14.2 Å². The second-order valence-electron chi connectivity index (χ2n) is 5.08. The summed E-state index contributed by atoms with van der Waals surface area (Å²) in [5, 5.41) is 19.7. The zero-order valence-corrected chi connectivity index (χ0v) is 13.4. The minimum Gasteiger partial charge on any atom is -0.497 e. The van der Waals surface area contributed by atoms with Crippen molar-refractivity contribution in [3.05, 3.63) is 69.5 Å².